The molecule has 0 spiro atoms. The van der Waals surface area contributed by atoms with Gasteiger partial charge in [0.25, 0.3) is 0 Å². The fourth-order valence-corrected chi connectivity index (χ4v) is 8.90. The molecular formula is C33H40N2O2. The van der Waals surface area contributed by atoms with Crippen molar-refractivity contribution in [2.75, 3.05) is 7.05 Å². The number of carbonyl (C=O) groups excluding carboxylic acids is 2. The van der Waals surface area contributed by atoms with Crippen molar-refractivity contribution in [2.24, 2.45) is 34.5 Å². The van der Waals surface area contributed by atoms with E-state index in [1.165, 1.54) is 5.70 Å². The first kappa shape index (κ1) is 24.5. The number of carbonyl (C=O) groups is 2. The lowest BCUT2D eigenvalue weighted by molar-refractivity contribution is -0.138. The summed E-state index contributed by atoms with van der Waals surface area (Å²) >= 11 is 0. The van der Waals surface area contributed by atoms with E-state index in [4.69, 9.17) is 0 Å². The number of benzene rings is 2. The van der Waals surface area contributed by atoms with Gasteiger partial charge in [0.15, 0.2) is 0 Å². The molecule has 0 radical (unpaired) electrons. The Labute approximate surface area is 221 Å². The molecule has 1 saturated heterocycles. The van der Waals surface area contributed by atoms with Crippen LogP contribution in [0, 0.1) is 34.5 Å². The molecule has 3 aliphatic carbocycles. The van der Waals surface area contributed by atoms with Gasteiger partial charge in [-0.2, -0.15) is 0 Å². The van der Waals surface area contributed by atoms with E-state index in [9.17, 15) is 9.59 Å². The Morgan fingerprint density at radius 2 is 1.57 bits per heavy atom. The average molecular weight is 497 g/mol. The van der Waals surface area contributed by atoms with E-state index in [1.54, 1.807) is 0 Å². The summed E-state index contributed by atoms with van der Waals surface area (Å²) in [5, 5.41) is 3.49. The third-order valence-corrected chi connectivity index (χ3v) is 10.9. The Morgan fingerprint density at radius 3 is 2.22 bits per heavy atom. The van der Waals surface area contributed by atoms with E-state index in [0.29, 0.717) is 24.2 Å². The first-order valence-electron chi connectivity index (χ1n) is 14.2. The number of nitrogens with zero attached hydrogens (tertiary/aromatic N) is 1. The van der Waals surface area contributed by atoms with E-state index in [2.05, 4.69) is 49.5 Å². The van der Waals surface area contributed by atoms with Crippen LogP contribution < -0.4 is 5.32 Å². The van der Waals surface area contributed by atoms with Crippen molar-refractivity contribution in [1.29, 1.82) is 0 Å². The molecule has 6 atom stereocenters. The number of fused-ring (bicyclic) bond motifs is 5. The largest absolute Gasteiger partial charge is 0.345 e. The highest BCUT2D eigenvalue weighted by atomic mass is 16.2. The molecule has 194 valence electrons. The quantitative estimate of drug-likeness (QED) is 0.525. The van der Waals surface area contributed by atoms with Gasteiger partial charge < -0.3 is 10.2 Å². The zero-order valence-corrected chi connectivity index (χ0v) is 22.5. The van der Waals surface area contributed by atoms with Crippen molar-refractivity contribution in [3.05, 3.63) is 83.6 Å². The molecule has 4 heteroatoms. The van der Waals surface area contributed by atoms with Crippen LogP contribution in [0.2, 0.25) is 0 Å². The molecule has 4 aliphatic rings. The second-order valence-electron chi connectivity index (χ2n) is 12.5. The van der Waals surface area contributed by atoms with Crippen LogP contribution in [-0.2, 0) is 9.59 Å². The number of allylic oxidation sites excluding steroid dienone is 2. The Balaban J connectivity index is 1.25. The van der Waals surface area contributed by atoms with Crippen LogP contribution in [0.1, 0.15) is 76.0 Å². The van der Waals surface area contributed by atoms with E-state index >= 15 is 0 Å². The highest BCUT2D eigenvalue weighted by molar-refractivity contribution is 5.81. The molecule has 2 saturated carbocycles. The van der Waals surface area contributed by atoms with Crippen LogP contribution in [0.4, 0.5) is 0 Å². The van der Waals surface area contributed by atoms with Gasteiger partial charge in [0.2, 0.25) is 11.8 Å². The van der Waals surface area contributed by atoms with Crippen molar-refractivity contribution in [2.45, 2.75) is 64.8 Å². The predicted octanol–water partition coefficient (Wildman–Crippen LogP) is 6.50. The summed E-state index contributed by atoms with van der Waals surface area (Å²) in [5.41, 5.74) is 3.62. The van der Waals surface area contributed by atoms with Gasteiger partial charge in [-0.25, -0.2) is 0 Å². The van der Waals surface area contributed by atoms with Gasteiger partial charge in [-0.1, -0.05) is 80.6 Å². The second kappa shape index (κ2) is 9.15. The molecule has 2 aromatic rings. The summed E-state index contributed by atoms with van der Waals surface area (Å²) in [5.74, 6) is 2.28. The fourth-order valence-electron chi connectivity index (χ4n) is 8.90. The molecule has 1 N–H and O–H groups in total. The topological polar surface area (TPSA) is 49.4 Å². The summed E-state index contributed by atoms with van der Waals surface area (Å²) in [6.45, 7) is 4.81. The van der Waals surface area contributed by atoms with E-state index in [-0.39, 0.29) is 34.6 Å². The number of likely N-dealkylation sites (tertiary alicyclic amines) is 1. The van der Waals surface area contributed by atoms with E-state index in [0.717, 1.165) is 49.7 Å². The molecule has 37 heavy (non-hydrogen) atoms. The minimum absolute atomic E-state index is 0.0290. The van der Waals surface area contributed by atoms with Crippen molar-refractivity contribution in [1.82, 2.24) is 10.2 Å². The maximum absolute atomic E-state index is 14.0. The van der Waals surface area contributed by atoms with Gasteiger partial charge in [-0.3, -0.25) is 9.59 Å². The van der Waals surface area contributed by atoms with Crippen LogP contribution in [-0.4, -0.2) is 23.8 Å². The van der Waals surface area contributed by atoms with Crippen LogP contribution in [0.3, 0.4) is 0 Å². The molecule has 4 nitrogen and oxygen atoms in total. The molecule has 0 bridgehead atoms. The fraction of sp³-hybridized carbons (Fsp3) is 0.515. The van der Waals surface area contributed by atoms with Crippen molar-refractivity contribution in [3.63, 3.8) is 0 Å². The zero-order chi connectivity index (χ0) is 25.8. The van der Waals surface area contributed by atoms with Crippen molar-refractivity contribution >= 4 is 11.8 Å². The summed E-state index contributed by atoms with van der Waals surface area (Å²) in [6.07, 6.45) is 9.38. The Morgan fingerprint density at radius 1 is 0.919 bits per heavy atom. The van der Waals surface area contributed by atoms with Gasteiger partial charge in [-0.15, -0.1) is 0 Å². The Kier molecular flexibility index (Phi) is 6.05. The molecule has 2 amide bonds. The first-order chi connectivity index (χ1) is 17.8. The lowest BCUT2D eigenvalue weighted by Gasteiger charge is -2.58. The molecule has 0 aromatic heterocycles. The zero-order valence-electron chi connectivity index (χ0n) is 22.5. The molecule has 1 unspecified atom stereocenters. The standard InChI is InChI=1S/C33H40N2O2/c1-32-20-18-26-24(14-17-28-33(26,2)21-19-29(36)35(28)3)25(32)15-16-27(32)31(37)34-30(22-10-6-4-7-11-22)23-12-8-5-9-13-23/h4-13,17,24-27,30H,14-16,18-21H2,1-3H3,(H,34,37)/t24-,25-,26-,27?,32-,33+/m0/s1. The highest BCUT2D eigenvalue weighted by Gasteiger charge is 2.60. The lowest BCUT2D eigenvalue weighted by Crippen LogP contribution is -2.54. The highest BCUT2D eigenvalue weighted by Crippen LogP contribution is 2.66. The summed E-state index contributed by atoms with van der Waals surface area (Å²) in [4.78, 5) is 28.4. The number of rotatable bonds is 4. The maximum atomic E-state index is 14.0. The Bertz CT molecular complexity index is 1170. The minimum Gasteiger partial charge on any atom is -0.345 e. The first-order valence-corrected chi connectivity index (χ1v) is 14.2. The number of piperidine rings is 1. The van der Waals surface area contributed by atoms with E-state index < -0.39 is 0 Å². The number of hydrogen-bond donors (Lipinski definition) is 1. The molecule has 1 aliphatic heterocycles. The van der Waals surface area contributed by atoms with Gasteiger partial charge in [-0.05, 0) is 72.8 Å². The molecular weight excluding hydrogens is 456 g/mol. The van der Waals surface area contributed by atoms with Gasteiger partial charge in [0, 0.05) is 30.5 Å². The second-order valence-corrected chi connectivity index (χ2v) is 12.5. The SMILES string of the molecule is CN1C(=O)CC[C@@]2(C)C1=CC[C@@H]1[C@@H]2CC[C@]2(C)C(C(=O)NC(c3ccccc3)c3ccccc3)CC[C@@H]12. The van der Waals surface area contributed by atoms with E-state index in [1.807, 2.05) is 48.3 Å². The number of amides is 2. The van der Waals surface area contributed by atoms with Gasteiger partial charge in [0.05, 0.1) is 6.04 Å². The van der Waals surface area contributed by atoms with Crippen molar-refractivity contribution in [3.8, 4) is 0 Å². The molecule has 1 heterocycles. The number of nitrogens with one attached hydrogen (secondary N) is 1. The number of hydrogen-bond acceptors (Lipinski definition) is 2. The van der Waals surface area contributed by atoms with Crippen LogP contribution >= 0.6 is 0 Å². The Hall–Kier alpha value is -2.88. The smallest absolute Gasteiger partial charge is 0.226 e. The minimum atomic E-state index is -0.136. The van der Waals surface area contributed by atoms with Crippen molar-refractivity contribution < 1.29 is 9.59 Å². The lowest BCUT2D eigenvalue weighted by atomic mass is 9.49. The molecule has 3 fully saturated rings. The van der Waals surface area contributed by atoms with Crippen LogP contribution in [0.15, 0.2) is 72.4 Å². The summed E-state index contributed by atoms with van der Waals surface area (Å²) in [7, 11) is 1.96. The predicted molar refractivity (Wildman–Crippen MR) is 146 cm³/mol. The average Bonchev–Trinajstić information content (AvgIpc) is 3.28. The third kappa shape index (κ3) is 3.86. The molecule has 6 rings (SSSR count). The van der Waals surface area contributed by atoms with Gasteiger partial charge >= 0.3 is 0 Å². The monoisotopic (exact) mass is 496 g/mol. The van der Waals surface area contributed by atoms with Gasteiger partial charge in [0.1, 0.15) is 0 Å². The van der Waals surface area contributed by atoms with Crippen LogP contribution in [0.25, 0.3) is 0 Å². The molecule has 2 aromatic carbocycles. The summed E-state index contributed by atoms with van der Waals surface area (Å²) < 4.78 is 0. The summed E-state index contributed by atoms with van der Waals surface area (Å²) in [6, 6.07) is 20.6. The normalized spacial score (nSPS) is 34.9. The third-order valence-electron chi connectivity index (χ3n) is 10.9. The maximum Gasteiger partial charge on any atom is 0.226 e. The van der Waals surface area contributed by atoms with Crippen LogP contribution in [0.5, 0.6) is 0 Å².